The van der Waals surface area contributed by atoms with Gasteiger partial charge in [0.2, 0.25) is 0 Å². The van der Waals surface area contributed by atoms with Crippen molar-refractivity contribution in [3.05, 3.63) is 261 Å². The van der Waals surface area contributed by atoms with Crippen LogP contribution in [0.3, 0.4) is 0 Å². The van der Waals surface area contributed by atoms with Crippen LogP contribution in [0.4, 0.5) is 17.1 Å². The number of anilines is 3. The molecule has 0 radical (unpaired) electrons. The van der Waals surface area contributed by atoms with Crippen LogP contribution < -0.4 is 4.90 Å². The first kappa shape index (κ1) is 39.4. The van der Waals surface area contributed by atoms with Gasteiger partial charge in [0.1, 0.15) is 11.2 Å². The first-order valence-electron chi connectivity index (χ1n) is 23.3. The Kier molecular flexibility index (Phi) is 9.54. The molecule has 1 heterocycles. The molecule has 13 aromatic rings. The fraction of sp³-hybridized carbons (Fsp3) is 0. The van der Waals surface area contributed by atoms with Gasteiger partial charge in [0.25, 0.3) is 0 Å². The van der Waals surface area contributed by atoms with Crippen LogP contribution in [0, 0.1) is 0 Å². The maximum absolute atomic E-state index is 6.39. The van der Waals surface area contributed by atoms with E-state index in [0.29, 0.717) is 0 Å². The third-order valence-corrected chi connectivity index (χ3v) is 13.7. The molecule has 13 rings (SSSR count). The van der Waals surface area contributed by atoms with Crippen molar-refractivity contribution in [1.82, 2.24) is 0 Å². The van der Waals surface area contributed by atoms with E-state index in [9.17, 15) is 0 Å². The molecule has 318 valence electrons. The molecule has 0 saturated carbocycles. The summed E-state index contributed by atoms with van der Waals surface area (Å²) in [5.74, 6) is 0. The zero-order chi connectivity index (χ0) is 45.0. The molecular weight excluding hydrogens is 823 g/mol. The highest BCUT2D eigenvalue weighted by Gasteiger charge is 2.20. The van der Waals surface area contributed by atoms with Gasteiger partial charge < -0.3 is 9.32 Å². The Balaban J connectivity index is 0.901. The largest absolute Gasteiger partial charge is 0.455 e. The molecule has 1 aromatic heterocycles. The highest BCUT2D eigenvalue weighted by atomic mass is 16.3. The molecule has 0 aliphatic rings. The first-order valence-corrected chi connectivity index (χ1v) is 23.3. The normalized spacial score (nSPS) is 11.5. The van der Waals surface area contributed by atoms with Gasteiger partial charge in [-0.3, -0.25) is 0 Å². The molecule has 2 heteroatoms. The number of rotatable bonds is 8. The summed E-state index contributed by atoms with van der Waals surface area (Å²) in [4.78, 5) is 2.42. The third-order valence-electron chi connectivity index (χ3n) is 13.7. The zero-order valence-electron chi connectivity index (χ0n) is 37.2. The second-order valence-electron chi connectivity index (χ2n) is 17.6. The Hall–Kier alpha value is -8.98. The molecule has 0 N–H and O–H groups in total. The van der Waals surface area contributed by atoms with E-state index in [-0.39, 0.29) is 0 Å². The lowest BCUT2D eigenvalue weighted by Crippen LogP contribution is -2.10. The van der Waals surface area contributed by atoms with Crippen molar-refractivity contribution in [3.63, 3.8) is 0 Å². The highest BCUT2D eigenvalue weighted by molar-refractivity contribution is 6.15. The number of para-hydroxylation sites is 2. The van der Waals surface area contributed by atoms with Crippen molar-refractivity contribution >= 4 is 71.3 Å². The molecule has 0 bridgehead atoms. The Morgan fingerprint density at radius 3 is 1.44 bits per heavy atom. The van der Waals surface area contributed by atoms with Crippen LogP contribution in [0.15, 0.2) is 265 Å². The maximum atomic E-state index is 6.39. The second kappa shape index (κ2) is 16.5. The number of benzene rings is 12. The van der Waals surface area contributed by atoms with E-state index in [1.54, 1.807) is 0 Å². The molecule has 0 saturated heterocycles. The van der Waals surface area contributed by atoms with E-state index in [2.05, 4.69) is 254 Å². The molecule has 0 atom stereocenters. The third kappa shape index (κ3) is 6.82. The van der Waals surface area contributed by atoms with E-state index in [1.165, 1.54) is 65.7 Å². The summed E-state index contributed by atoms with van der Waals surface area (Å²) in [5, 5.41) is 9.62. The predicted octanol–water partition coefficient (Wildman–Crippen LogP) is 18.9. The molecule has 0 fully saturated rings. The Bertz CT molecular complexity index is 3980. The summed E-state index contributed by atoms with van der Waals surface area (Å²) in [5.41, 5.74) is 16.9. The molecule has 2 nitrogen and oxygen atoms in total. The van der Waals surface area contributed by atoms with E-state index >= 15 is 0 Å². The van der Waals surface area contributed by atoms with Crippen LogP contribution >= 0.6 is 0 Å². The molecule has 0 unspecified atom stereocenters. The molecule has 0 amide bonds. The number of hydrogen-bond acceptors (Lipinski definition) is 2. The van der Waals surface area contributed by atoms with Gasteiger partial charge in [0.15, 0.2) is 0 Å². The standard InChI is InChI=1S/C66H43NO/c1-2-13-44(14-3-1)45-25-29-49(30-26-45)57-42-37-48-15-4-7-18-56(48)65(57)51-35-40-54(41-36-51)67(63-43-52-16-5-6-17-55(52)59-19-8-9-20-60(59)63)53-38-33-47(34-39-53)46-27-31-50(32-28-46)58-22-12-23-62-61-21-10-11-24-64(61)68-66(58)62/h1-43H. The summed E-state index contributed by atoms with van der Waals surface area (Å²) in [7, 11) is 0. The van der Waals surface area contributed by atoms with E-state index < -0.39 is 0 Å². The topological polar surface area (TPSA) is 16.4 Å². The average Bonchev–Trinajstić information content (AvgIpc) is 3.81. The number of furan rings is 1. The van der Waals surface area contributed by atoms with Crippen molar-refractivity contribution < 1.29 is 4.42 Å². The van der Waals surface area contributed by atoms with E-state index in [1.807, 2.05) is 12.1 Å². The summed E-state index contributed by atoms with van der Waals surface area (Å²) in [6.45, 7) is 0. The Morgan fingerprint density at radius 1 is 0.265 bits per heavy atom. The molecule has 0 aliphatic heterocycles. The van der Waals surface area contributed by atoms with Gasteiger partial charge in [-0.2, -0.15) is 0 Å². The molecule has 0 spiro atoms. The van der Waals surface area contributed by atoms with Crippen molar-refractivity contribution in [1.29, 1.82) is 0 Å². The molecule has 0 aliphatic carbocycles. The van der Waals surface area contributed by atoms with Gasteiger partial charge in [0.05, 0.1) is 5.69 Å². The van der Waals surface area contributed by atoms with Crippen molar-refractivity contribution in [2.75, 3.05) is 4.90 Å². The summed E-state index contributed by atoms with van der Waals surface area (Å²) < 4.78 is 6.39. The van der Waals surface area contributed by atoms with Crippen molar-refractivity contribution in [2.45, 2.75) is 0 Å². The fourth-order valence-corrected chi connectivity index (χ4v) is 10.3. The first-order chi connectivity index (χ1) is 33.7. The maximum Gasteiger partial charge on any atom is 0.143 e. The minimum absolute atomic E-state index is 0.910. The number of hydrogen-bond donors (Lipinski definition) is 0. The van der Waals surface area contributed by atoms with Crippen molar-refractivity contribution in [2.24, 2.45) is 0 Å². The Labute approximate surface area is 395 Å². The average molecular weight is 866 g/mol. The SMILES string of the molecule is c1ccc(-c2ccc(-c3ccc4ccccc4c3-c3ccc(N(c4ccc(-c5ccc(-c6cccc7c6oc6ccccc67)cc5)cc4)c4cc5ccccc5c5ccccc45)cc3)cc2)cc1. The fourth-order valence-electron chi connectivity index (χ4n) is 10.3. The quantitative estimate of drug-likeness (QED) is 0.142. The lowest BCUT2D eigenvalue weighted by atomic mass is 9.89. The van der Waals surface area contributed by atoms with E-state index in [4.69, 9.17) is 4.42 Å². The van der Waals surface area contributed by atoms with Gasteiger partial charge in [0, 0.05) is 33.1 Å². The molecular formula is C66H43NO. The molecule has 12 aromatic carbocycles. The van der Waals surface area contributed by atoms with Crippen LogP contribution in [-0.2, 0) is 0 Å². The summed E-state index contributed by atoms with van der Waals surface area (Å²) in [6, 6.07) is 94.5. The monoisotopic (exact) mass is 865 g/mol. The predicted molar refractivity (Wildman–Crippen MR) is 288 cm³/mol. The lowest BCUT2D eigenvalue weighted by Gasteiger charge is -2.28. The second-order valence-corrected chi connectivity index (χ2v) is 17.6. The van der Waals surface area contributed by atoms with E-state index in [0.717, 1.165) is 61.3 Å². The zero-order valence-corrected chi connectivity index (χ0v) is 37.2. The van der Waals surface area contributed by atoms with Crippen LogP contribution in [0.2, 0.25) is 0 Å². The minimum Gasteiger partial charge on any atom is -0.455 e. The summed E-state index contributed by atoms with van der Waals surface area (Å²) >= 11 is 0. The van der Waals surface area contributed by atoms with Crippen LogP contribution in [0.5, 0.6) is 0 Å². The van der Waals surface area contributed by atoms with Gasteiger partial charge in [-0.05, 0) is 113 Å². The van der Waals surface area contributed by atoms with Gasteiger partial charge >= 0.3 is 0 Å². The van der Waals surface area contributed by atoms with Crippen LogP contribution in [0.1, 0.15) is 0 Å². The Morgan fingerprint density at radius 2 is 0.750 bits per heavy atom. The number of fused-ring (bicyclic) bond motifs is 7. The smallest absolute Gasteiger partial charge is 0.143 e. The summed E-state index contributed by atoms with van der Waals surface area (Å²) in [6.07, 6.45) is 0. The highest BCUT2D eigenvalue weighted by Crippen LogP contribution is 2.45. The van der Waals surface area contributed by atoms with Gasteiger partial charge in [-0.15, -0.1) is 0 Å². The van der Waals surface area contributed by atoms with Crippen LogP contribution in [0.25, 0.3) is 110 Å². The number of nitrogens with zero attached hydrogens (tertiary/aromatic N) is 1. The minimum atomic E-state index is 0.910. The lowest BCUT2D eigenvalue weighted by molar-refractivity contribution is 0.670. The van der Waals surface area contributed by atoms with Gasteiger partial charge in [-0.25, -0.2) is 0 Å². The molecule has 68 heavy (non-hydrogen) atoms. The van der Waals surface area contributed by atoms with Gasteiger partial charge in [-0.1, -0.05) is 224 Å². The van der Waals surface area contributed by atoms with Crippen LogP contribution in [-0.4, -0.2) is 0 Å². The van der Waals surface area contributed by atoms with Crippen molar-refractivity contribution in [3.8, 4) is 55.6 Å².